The molecule has 0 bridgehead atoms. The fourth-order valence-corrected chi connectivity index (χ4v) is 1.38. The second-order valence-corrected chi connectivity index (χ2v) is 3.91. The summed E-state index contributed by atoms with van der Waals surface area (Å²) in [5.41, 5.74) is 6.78. The largest absolute Gasteiger partial charge is 0.399 e. The third-order valence-corrected chi connectivity index (χ3v) is 2.53. The van der Waals surface area contributed by atoms with Crippen LogP contribution in [0.5, 0.6) is 0 Å². The van der Waals surface area contributed by atoms with Gasteiger partial charge < -0.3 is 11.1 Å². The van der Waals surface area contributed by atoms with Crippen molar-refractivity contribution in [1.82, 2.24) is 0 Å². The molecule has 1 aliphatic carbocycles. The molecule has 0 radical (unpaired) electrons. The summed E-state index contributed by atoms with van der Waals surface area (Å²) < 4.78 is 0. The highest BCUT2D eigenvalue weighted by Crippen LogP contribution is 2.32. The maximum atomic E-state index is 11.4. The van der Waals surface area contributed by atoms with Crippen LogP contribution in [0.1, 0.15) is 12.8 Å². The number of hydrogen-bond acceptors (Lipinski definition) is 2. The number of carbonyl (C=O) groups is 1. The average Bonchev–Trinajstić information content (AvgIpc) is 2.94. The molecule has 1 fully saturated rings. The smallest absolute Gasteiger partial charge is 0.227 e. The van der Waals surface area contributed by atoms with E-state index in [-0.39, 0.29) is 11.8 Å². The van der Waals surface area contributed by atoms with Crippen LogP contribution in [0.4, 0.5) is 11.4 Å². The number of carbonyl (C=O) groups excluding carboxylic acids is 1. The van der Waals surface area contributed by atoms with Crippen molar-refractivity contribution in [3.63, 3.8) is 0 Å². The van der Waals surface area contributed by atoms with Crippen molar-refractivity contribution in [3.05, 3.63) is 23.2 Å². The first-order valence-electron chi connectivity index (χ1n) is 4.52. The van der Waals surface area contributed by atoms with Gasteiger partial charge in [0, 0.05) is 11.6 Å². The molecule has 1 aromatic carbocycles. The van der Waals surface area contributed by atoms with Crippen LogP contribution in [0.3, 0.4) is 0 Å². The van der Waals surface area contributed by atoms with Gasteiger partial charge in [-0.15, -0.1) is 0 Å². The molecular weight excluding hydrogens is 200 g/mol. The first kappa shape index (κ1) is 9.34. The lowest BCUT2D eigenvalue weighted by molar-refractivity contribution is -0.117. The molecule has 1 saturated carbocycles. The van der Waals surface area contributed by atoms with Crippen LogP contribution in [0.25, 0.3) is 0 Å². The lowest BCUT2D eigenvalue weighted by atomic mass is 10.2. The van der Waals surface area contributed by atoms with E-state index < -0.39 is 0 Å². The minimum absolute atomic E-state index is 0.0394. The summed E-state index contributed by atoms with van der Waals surface area (Å²) >= 11 is 5.90. The molecule has 0 aromatic heterocycles. The number of hydrogen-bond donors (Lipinski definition) is 2. The average molecular weight is 211 g/mol. The summed E-state index contributed by atoms with van der Waals surface area (Å²) in [4.78, 5) is 11.4. The Kier molecular flexibility index (Phi) is 2.33. The van der Waals surface area contributed by atoms with E-state index >= 15 is 0 Å². The van der Waals surface area contributed by atoms with Gasteiger partial charge in [0.25, 0.3) is 0 Å². The van der Waals surface area contributed by atoms with Gasteiger partial charge in [0.15, 0.2) is 0 Å². The normalized spacial score (nSPS) is 15.2. The molecule has 3 N–H and O–H groups in total. The van der Waals surface area contributed by atoms with Gasteiger partial charge in [-0.1, -0.05) is 11.6 Å². The Labute approximate surface area is 87.2 Å². The summed E-state index contributed by atoms with van der Waals surface area (Å²) in [7, 11) is 0. The molecule has 0 heterocycles. The Hall–Kier alpha value is -1.22. The van der Waals surface area contributed by atoms with Crippen molar-refractivity contribution in [2.24, 2.45) is 5.92 Å². The predicted octanol–water partition coefficient (Wildman–Crippen LogP) is 2.27. The lowest BCUT2D eigenvalue weighted by Gasteiger charge is -2.06. The van der Waals surface area contributed by atoms with Crippen LogP contribution >= 0.6 is 11.6 Å². The summed E-state index contributed by atoms with van der Waals surface area (Å²) in [6.07, 6.45) is 1.96. The minimum atomic E-state index is 0.0394. The zero-order valence-electron chi connectivity index (χ0n) is 7.59. The van der Waals surface area contributed by atoms with Gasteiger partial charge in [0.05, 0.1) is 10.7 Å². The van der Waals surface area contributed by atoms with E-state index in [4.69, 9.17) is 17.3 Å². The molecule has 1 aliphatic rings. The van der Waals surface area contributed by atoms with Crippen LogP contribution < -0.4 is 11.1 Å². The third kappa shape index (κ3) is 1.99. The second kappa shape index (κ2) is 3.50. The highest BCUT2D eigenvalue weighted by Gasteiger charge is 2.29. The number of benzene rings is 1. The minimum Gasteiger partial charge on any atom is -0.399 e. The van der Waals surface area contributed by atoms with Crippen molar-refractivity contribution < 1.29 is 4.79 Å². The summed E-state index contributed by atoms with van der Waals surface area (Å²) in [5, 5.41) is 3.28. The molecule has 1 amide bonds. The number of nitrogens with one attached hydrogen (secondary N) is 1. The predicted molar refractivity (Wildman–Crippen MR) is 57.2 cm³/mol. The molecule has 0 aliphatic heterocycles. The fraction of sp³-hybridized carbons (Fsp3) is 0.300. The quantitative estimate of drug-likeness (QED) is 0.736. The Balaban J connectivity index is 2.14. The van der Waals surface area contributed by atoms with E-state index in [1.54, 1.807) is 18.2 Å². The van der Waals surface area contributed by atoms with Gasteiger partial charge >= 0.3 is 0 Å². The summed E-state index contributed by atoms with van der Waals surface area (Å²) in [6.45, 7) is 0. The third-order valence-electron chi connectivity index (χ3n) is 2.20. The Morgan fingerprint density at radius 2 is 2.21 bits per heavy atom. The van der Waals surface area contributed by atoms with Gasteiger partial charge in [-0.25, -0.2) is 0 Å². The van der Waals surface area contributed by atoms with Crippen molar-refractivity contribution in [2.45, 2.75) is 12.8 Å². The van der Waals surface area contributed by atoms with E-state index in [1.807, 2.05) is 0 Å². The standard InChI is InChI=1S/C10H11ClN2O/c11-8-4-3-7(12)5-9(8)13-10(14)6-1-2-6/h3-6H,1-2,12H2,(H,13,14). The number of anilines is 2. The Morgan fingerprint density at radius 3 is 2.86 bits per heavy atom. The Bertz CT molecular complexity index is 374. The monoisotopic (exact) mass is 210 g/mol. The highest BCUT2D eigenvalue weighted by atomic mass is 35.5. The summed E-state index contributed by atoms with van der Waals surface area (Å²) in [6, 6.07) is 5.05. The number of halogens is 1. The van der Waals surface area contributed by atoms with Gasteiger partial charge in [0.2, 0.25) is 5.91 Å². The van der Waals surface area contributed by atoms with E-state index in [9.17, 15) is 4.79 Å². The maximum Gasteiger partial charge on any atom is 0.227 e. The second-order valence-electron chi connectivity index (χ2n) is 3.50. The SMILES string of the molecule is Nc1ccc(Cl)c(NC(=O)C2CC2)c1. The van der Waals surface area contributed by atoms with Gasteiger partial charge in [-0.3, -0.25) is 4.79 Å². The van der Waals surface area contributed by atoms with Gasteiger partial charge in [-0.05, 0) is 31.0 Å². The Morgan fingerprint density at radius 1 is 1.50 bits per heavy atom. The first-order valence-corrected chi connectivity index (χ1v) is 4.90. The van der Waals surface area contributed by atoms with Crippen LogP contribution in [0, 0.1) is 5.92 Å². The topological polar surface area (TPSA) is 55.1 Å². The van der Waals surface area contributed by atoms with Crippen LogP contribution in [-0.4, -0.2) is 5.91 Å². The van der Waals surface area contributed by atoms with E-state index in [2.05, 4.69) is 5.32 Å². The van der Waals surface area contributed by atoms with Crippen molar-refractivity contribution in [1.29, 1.82) is 0 Å². The summed E-state index contributed by atoms with van der Waals surface area (Å²) in [5.74, 6) is 0.213. The van der Waals surface area contributed by atoms with Crippen LogP contribution in [0.15, 0.2) is 18.2 Å². The zero-order valence-corrected chi connectivity index (χ0v) is 8.34. The zero-order chi connectivity index (χ0) is 10.1. The first-order chi connectivity index (χ1) is 6.66. The molecule has 0 atom stereocenters. The molecule has 4 heteroatoms. The van der Waals surface area contributed by atoms with E-state index in [0.29, 0.717) is 16.4 Å². The highest BCUT2D eigenvalue weighted by molar-refractivity contribution is 6.33. The van der Waals surface area contributed by atoms with Gasteiger partial charge in [-0.2, -0.15) is 0 Å². The number of nitrogens with two attached hydrogens (primary N) is 1. The number of amides is 1. The molecule has 3 nitrogen and oxygen atoms in total. The maximum absolute atomic E-state index is 11.4. The molecule has 14 heavy (non-hydrogen) atoms. The van der Waals surface area contributed by atoms with Crippen molar-refractivity contribution >= 4 is 28.9 Å². The molecular formula is C10H11ClN2O. The van der Waals surface area contributed by atoms with E-state index in [1.165, 1.54) is 0 Å². The number of nitrogen functional groups attached to an aromatic ring is 1. The molecule has 74 valence electrons. The fourth-order valence-electron chi connectivity index (χ4n) is 1.22. The molecule has 2 rings (SSSR count). The van der Waals surface area contributed by atoms with Gasteiger partial charge in [0.1, 0.15) is 0 Å². The van der Waals surface area contributed by atoms with Crippen LogP contribution in [0.2, 0.25) is 5.02 Å². The molecule has 0 saturated heterocycles. The molecule has 0 spiro atoms. The molecule has 1 aromatic rings. The lowest BCUT2D eigenvalue weighted by Crippen LogP contribution is -2.13. The van der Waals surface area contributed by atoms with E-state index in [0.717, 1.165) is 12.8 Å². The van der Waals surface area contributed by atoms with Crippen molar-refractivity contribution in [3.8, 4) is 0 Å². The van der Waals surface area contributed by atoms with Crippen molar-refractivity contribution in [2.75, 3.05) is 11.1 Å². The molecule has 0 unspecified atom stereocenters. The van der Waals surface area contributed by atoms with Crippen LogP contribution in [-0.2, 0) is 4.79 Å². The number of rotatable bonds is 2.